The van der Waals surface area contributed by atoms with Crippen LogP contribution in [0.3, 0.4) is 0 Å². The van der Waals surface area contributed by atoms with Crippen LogP contribution in [0, 0.1) is 40.5 Å². The molecule has 12 nitrogen and oxygen atoms in total. The van der Waals surface area contributed by atoms with Gasteiger partial charge < -0.3 is 0 Å². The Hall–Kier alpha value is -6.22. The topological polar surface area (TPSA) is 173 Å². The van der Waals surface area contributed by atoms with Crippen molar-refractivity contribution in [3.63, 3.8) is 0 Å². The van der Waals surface area contributed by atoms with E-state index in [4.69, 9.17) is 0 Å². The molecule has 0 aliphatic heterocycles. The third kappa shape index (κ3) is 6.71. The zero-order valence-electron chi connectivity index (χ0n) is 25.8. The van der Waals surface area contributed by atoms with Crippen LogP contribution in [-0.2, 0) is 0 Å². The monoisotopic (exact) mass is 702 g/mol. The molecule has 14 heteroatoms. The normalized spacial score (nSPS) is 11.0. The second-order valence-corrected chi connectivity index (χ2v) is 15.0. The van der Waals surface area contributed by atoms with Gasteiger partial charge in [-0.15, -0.1) is 0 Å². The molecule has 0 heterocycles. The van der Waals surface area contributed by atoms with E-state index in [-0.39, 0.29) is 22.7 Å². The maximum Gasteiger partial charge on any atom is 0.277 e. The zero-order chi connectivity index (χ0) is 35.4. The first-order chi connectivity index (χ1) is 24.2. The fourth-order valence-corrected chi connectivity index (χ4v) is 10.7. The van der Waals surface area contributed by atoms with Crippen molar-refractivity contribution < 1.29 is 19.7 Å². The summed E-state index contributed by atoms with van der Waals surface area (Å²) in [5.41, 5.74) is 1.02. The van der Waals surface area contributed by atoms with E-state index in [1.165, 1.54) is 24.3 Å². The van der Waals surface area contributed by atoms with Gasteiger partial charge in [-0.25, -0.2) is 0 Å². The van der Waals surface area contributed by atoms with Crippen LogP contribution in [0.4, 0.5) is 22.7 Å². The Morgan fingerprint density at radius 1 is 0.320 bits per heavy atom. The van der Waals surface area contributed by atoms with Crippen LogP contribution in [0.1, 0.15) is 0 Å². The predicted molar refractivity (Wildman–Crippen MR) is 196 cm³/mol. The molecule has 6 rings (SSSR count). The van der Waals surface area contributed by atoms with Gasteiger partial charge in [-0.2, -0.15) is 0 Å². The van der Waals surface area contributed by atoms with Gasteiger partial charge in [-0.1, -0.05) is 97.1 Å². The number of benzene rings is 6. The lowest BCUT2D eigenvalue weighted by Crippen LogP contribution is -2.24. The molecular formula is C36H24N4O8P2. The summed E-state index contributed by atoms with van der Waals surface area (Å²) in [6.07, 6.45) is 0. The first-order valence-corrected chi connectivity index (χ1v) is 17.6. The van der Waals surface area contributed by atoms with Crippen LogP contribution in [0.25, 0.3) is 11.1 Å². The second-order valence-electron chi connectivity index (χ2n) is 10.7. The van der Waals surface area contributed by atoms with E-state index in [1.54, 1.807) is 97.1 Å². The Kier molecular flexibility index (Phi) is 9.76. The Morgan fingerprint density at radius 3 is 0.760 bits per heavy atom. The maximum atomic E-state index is 12.0. The molecule has 0 aliphatic rings. The van der Waals surface area contributed by atoms with Crippen molar-refractivity contribution in [2.45, 2.75) is 0 Å². The van der Waals surface area contributed by atoms with Crippen LogP contribution >= 0.6 is 15.8 Å². The summed E-state index contributed by atoms with van der Waals surface area (Å²) in [6, 6.07) is 39.5. The van der Waals surface area contributed by atoms with E-state index in [0.29, 0.717) is 31.8 Å². The molecule has 0 bridgehead atoms. The zero-order valence-corrected chi connectivity index (χ0v) is 27.6. The van der Waals surface area contributed by atoms with E-state index in [1.807, 2.05) is 24.3 Å². The van der Waals surface area contributed by atoms with Gasteiger partial charge in [0, 0.05) is 40.1 Å². The van der Waals surface area contributed by atoms with Crippen LogP contribution in [0.2, 0.25) is 0 Å². The van der Waals surface area contributed by atoms with Gasteiger partial charge in [0.15, 0.2) is 0 Å². The molecule has 0 radical (unpaired) electrons. The van der Waals surface area contributed by atoms with Crippen LogP contribution in [-0.4, -0.2) is 19.7 Å². The molecule has 6 aromatic rings. The summed E-state index contributed by atoms with van der Waals surface area (Å²) in [5.74, 6) is 0. The minimum Gasteiger partial charge on any atom is -0.258 e. The minimum atomic E-state index is -1.71. The Bertz CT molecular complexity index is 1990. The highest BCUT2D eigenvalue weighted by molar-refractivity contribution is 7.80. The molecule has 6 aromatic carbocycles. The molecule has 50 heavy (non-hydrogen) atoms. The summed E-state index contributed by atoms with van der Waals surface area (Å²) in [6.45, 7) is 0. The number of para-hydroxylation sites is 4. The predicted octanol–water partition coefficient (Wildman–Crippen LogP) is 6.50. The van der Waals surface area contributed by atoms with Crippen LogP contribution in [0.5, 0.6) is 0 Å². The average Bonchev–Trinajstić information content (AvgIpc) is 3.13. The van der Waals surface area contributed by atoms with Crippen molar-refractivity contribution in [2.24, 2.45) is 0 Å². The number of nitrogens with zero attached hydrogens (tertiary/aromatic N) is 4. The first kappa shape index (κ1) is 33.7. The van der Waals surface area contributed by atoms with E-state index in [9.17, 15) is 40.5 Å². The SMILES string of the molecule is O=[N+]([O-])c1ccccc1P(c1ccc(-c2ccc(P(c3ccccc3[N+](=O)[O-])c3ccccc3[N+](=O)[O-])cc2)cc1)c1ccccc1[N+](=O)[O-]. The Labute approximate surface area is 286 Å². The van der Waals surface area contributed by atoms with E-state index < -0.39 is 35.5 Å². The van der Waals surface area contributed by atoms with Gasteiger partial charge in [0.1, 0.15) is 0 Å². The van der Waals surface area contributed by atoms with Crippen molar-refractivity contribution >= 4 is 70.4 Å². The fourth-order valence-electron chi connectivity index (χ4n) is 5.65. The average molecular weight is 703 g/mol. The van der Waals surface area contributed by atoms with Gasteiger partial charge in [-0.3, -0.25) is 40.5 Å². The summed E-state index contributed by atoms with van der Waals surface area (Å²) in [4.78, 5) is 46.1. The molecule has 0 spiro atoms. The minimum absolute atomic E-state index is 0.134. The third-order valence-corrected chi connectivity index (χ3v) is 12.9. The first-order valence-electron chi connectivity index (χ1n) is 14.9. The molecule has 246 valence electrons. The highest BCUT2D eigenvalue weighted by Gasteiger charge is 2.31. The number of hydrogen-bond donors (Lipinski definition) is 0. The number of rotatable bonds is 11. The third-order valence-electron chi connectivity index (χ3n) is 7.86. The standard InChI is InChI=1S/C36H24N4O8P2/c41-37(42)29-9-1-5-13-33(29)49(34-14-6-2-10-30(34)38(43)44)27-21-17-25(18-22-27)26-19-23-28(24-20-26)50(35-15-7-3-11-31(35)39(45)46)36-16-8-4-12-32(36)40(47)48/h1-24H. The highest BCUT2D eigenvalue weighted by atomic mass is 31.1. The molecule has 0 saturated carbocycles. The van der Waals surface area contributed by atoms with Crippen molar-refractivity contribution in [2.75, 3.05) is 0 Å². The van der Waals surface area contributed by atoms with Crippen LogP contribution < -0.4 is 31.8 Å². The molecule has 0 unspecified atom stereocenters. The van der Waals surface area contributed by atoms with Gasteiger partial charge in [0.05, 0.1) is 40.9 Å². The molecule has 0 aromatic heterocycles. The summed E-state index contributed by atoms with van der Waals surface area (Å²) in [7, 11) is -3.41. The Balaban J connectivity index is 1.42. The summed E-state index contributed by atoms with van der Waals surface area (Å²) in [5, 5.41) is 50.9. The lowest BCUT2D eigenvalue weighted by Gasteiger charge is -2.20. The lowest BCUT2D eigenvalue weighted by atomic mass is 10.1. The fraction of sp³-hybridized carbons (Fsp3) is 0. The molecular weight excluding hydrogens is 678 g/mol. The maximum absolute atomic E-state index is 12.0. The molecule has 0 amide bonds. The van der Waals surface area contributed by atoms with Gasteiger partial charge in [0.2, 0.25) is 0 Å². The molecule has 0 N–H and O–H groups in total. The summed E-state index contributed by atoms with van der Waals surface area (Å²) < 4.78 is 0. The van der Waals surface area contributed by atoms with Crippen molar-refractivity contribution in [3.05, 3.63) is 186 Å². The highest BCUT2D eigenvalue weighted by Crippen LogP contribution is 2.41. The molecule has 0 aliphatic carbocycles. The van der Waals surface area contributed by atoms with Gasteiger partial charge in [0.25, 0.3) is 22.7 Å². The van der Waals surface area contributed by atoms with E-state index in [2.05, 4.69) is 0 Å². The van der Waals surface area contributed by atoms with Crippen molar-refractivity contribution in [1.82, 2.24) is 0 Å². The van der Waals surface area contributed by atoms with Crippen molar-refractivity contribution in [3.8, 4) is 11.1 Å². The largest absolute Gasteiger partial charge is 0.277 e. The van der Waals surface area contributed by atoms with E-state index >= 15 is 0 Å². The molecule has 0 saturated heterocycles. The number of nitro groups is 4. The number of nitro benzene ring substituents is 4. The van der Waals surface area contributed by atoms with Gasteiger partial charge >= 0.3 is 0 Å². The lowest BCUT2D eigenvalue weighted by molar-refractivity contribution is -0.384. The van der Waals surface area contributed by atoms with Crippen LogP contribution in [0.15, 0.2) is 146 Å². The van der Waals surface area contributed by atoms with Gasteiger partial charge in [-0.05, 0) is 46.0 Å². The molecule has 0 fully saturated rings. The Morgan fingerprint density at radius 2 is 0.540 bits per heavy atom. The smallest absolute Gasteiger partial charge is 0.258 e. The molecule has 0 atom stereocenters. The summed E-state index contributed by atoms with van der Waals surface area (Å²) >= 11 is 0. The quantitative estimate of drug-likeness (QED) is 0.0836. The van der Waals surface area contributed by atoms with E-state index in [0.717, 1.165) is 11.1 Å². The second kappa shape index (κ2) is 14.5. The van der Waals surface area contributed by atoms with Crippen molar-refractivity contribution in [1.29, 1.82) is 0 Å². The number of hydrogen-bond acceptors (Lipinski definition) is 8.